The van der Waals surface area contributed by atoms with Crippen LogP contribution in [0.3, 0.4) is 0 Å². The Kier molecular flexibility index (Phi) is 5.02. The van der Waals surface area contributed by atoms with Gasteiger partial charge < -0.3 is 5.32 Å². The topological polar surface area (TPSA) is 29.9 Å². The SMILES string of the molecule is CCn1nc(C)c(Cl)c1CCCNC(C)(C)C. The summed E-state index contributed by atoms with van der Waals surface area (Å²) in [5.41, 5.74) is 2.29. The zero-order valence-corrected chi connectivity index (χ0v) is 12.4. The number of aromatic nitrogens is 2. The first-order valence-electron chi connectivity index (χ1n) is 6.32. The molecule has 0 amide bonds. The van der Waals surface area contributed by atoms with E-state index in [1.54, 1.807) is 0 Å². The average molecular weight is 258 g/mol. The van der Waals surface area contributed by atoms with Gasteiger partial charge in [-0.1, -0.05) is 11.6 Å². The summed E-state index contributed by atoms with van der Waals surface area (Å²) in [5.74, 6) is 0. The Bertz CT molecular complexity index is 363. The Morgan fingerprint density at radius 1 is 1.35 bits per heavy atom. The Balaban J connectivity index is 2.52. The van der Waals surface area contributed by atoms with Gasteiger partial charge in [0.1, 0.15) is 0 Å². The zero-order valence-electron chi connectivity index (χ0n) is 11.6. The van der Waals surface area contributed by atoms with Crippen LogP contribution >= 0.6 is 11.6 Å². The number of hydrogen-bond donors (Lipinski definition) is 1. The molecule has 0 unspecified atom stereocenters. The molecule has 0 radical (unpaired) electrons. The van der Waals surface area contributed by atoms with Gasteiger partial charge in [0.05, 0.1) is 16.4 Å². The van der Waals surface area contributed by atoms with Crippen molar-refractivity contribution in [2.75, 3.05) is 6.54 Å². The summed E-state index contributed by atoms with van der Waals surface area (Å²) >= 11 is 6.26. The number of aryl methyl sites for hydroxylation is 2. The highest BCUT2D eigenvalue weighted by molar-refractivity contribution is 6.31. The normalized spacial score (nSPS) is 12.1. The number of halogens is 1. The van der Waals surface area contributed by atoms with Gasteiger partial charge in [-0.2, -0.15) is 5.10 Å². The van der Waals surface area contributed by atoms with Gasteiger partial charge in [0.15, 0.2) is 0 Å². The molecule has 0 bridgehead atoms. The van der Waals surface area contributed by atoms with Crippen molar-refractivity contribution in [1.82, 2.24) is 15.1 Å². The minimum atomic E-state index is 0.185. The molecular weight excluding hydrogens is 234 g/mol. The van der Waals surface area contributed by atoms with E-state index in [9.17, 15) is 0 Å². The van der Waals surface area contributed by atoms with Gasteiger partial charge in [0.25, 0.3) is 0 Å². The first kappa shape index (κ1) is 14.5. The maximum absolute atomic E-state index is 6.26. The third-order valence-corrected chi connectivity index (χ3v) is 3.19. The van der Waals surface area contributed by atoms with Crippen molar-refractivity contribution < 1.29 is 0 Å². The standard InChI is InChI=1S/C13H24ClN3/c1-6-17-11(12(14)10(2)16-17)8-7-9-15-13(3,4)5/h15H,6-9H2,1-5H3. The highest BCUT2D eigenvalue weighted by Crippen LogP contribution is 2.21. The molecule has 17 heavy (non-hydrogen) atoms. The maximum Gasteiger partial charge on any atom is 0.0847 e. The lowest BCUT2D eigenvalue weighted by atomic mass is 10.1. The fraction of sp³-hybridized carbons (Fsp3) is 0.769. The van der Waals surface area contributed by atoms with Crippen molar-refractivity contribution in [3.63, 3.8) is 0 Å². The van der Waals surface area contributed by atoms with Crippen molar-refractivity contribution in [3.8, 4) is 0 Å². The molecule has 0 aliphatic heterocycles. The van der Waals surface area contributed by atoms with Crippen molar-refractivity contribution >= 4 is 11.6 Å². The molecule has 1 aromatic heterocycles. The van der Waals surface area contributed by atoms with Crippen LogP contribution in [0.4, 0.5) is 0 Å². The summed E-state index contributed by atoms with van der Waals surface area (Å²) in [7, 11) is 0. The second kappa shape index (κ2) is 5.87. The molecule has 0 aromatic carbocycles. The van der Waals surface area contributed by atoms with E-state index < -0.39 is 0 Å². The lowest BCUT2D eigenvalue weighted by molar-refractivity contribution is 0.420. The van der Waals surface area contributed by atoms with E-state index >= 15 is 0 Å². The van der Waals surface area contributed by atoms with E-state index in [0.29, 0.717) is 0 Å². The van der Waals surface area contributed by atoms with Crippen LogP contribution in [-0.2, 0) is 13.0 Å². The molecule has 0 saturated heterocycles. The average Bonchev–Trinajstić information content (AvgIpc) is 2.49. The van der Waals surface area contributed by atoms with Crippen LogP contribution in [0.15, 0.2) is 0 Å². The molecule has 0 aliphatic rings. The van der Waals surface area contributed by atoms with Crippen LogP contribution in [0.1, 0.15) is 45.5 Å². The van der Waals surface area contributed by atoms with E-state index in [4.69, 9.17) is 11.6 Å². The third kappa shape index (κ3) is 4.32. The molecule has 1 N–H and O–H groups in total. The van der Waals surface area contributed by atoms with E-state index in [0.717, 1.165) is 36.6 Å². The summed E-state index contributed by atoms with van der Waals surface area (Å²) in [5, 5.41) is 8.74. The lowest BCUT2D eigenvalue weighted by Crippen LogP contribution is -2.36. The minimum absolute atomic E-state index is 0.185. The maximum atomic E-state index is 6.26. The molecule has 98 valence electrons. The van der Waals surface area contributed by atoms with Crippen molar-refractivity contribution in [3.05, 3.63) is 16.4 Å². The van der Waals surface area contributed by atoms with Gasteiger partial charge >= 0.3 is 0 Å². The van der Waals surface area contributed by atoms with E-state index in [-0.39, 0.29) is 5.54 Å². The van der Waals surface area contributed by atoms with E-state index in [1.807, 2.05) is 11.6 Å². The van der Waals surface area contributed by atoms with Crippen LogP contribution in [0.5, 0.6) is 0 Å². The van der Waals surface area contributed by atoms with E-state index in [1.165, 1.54) is 5.69 Å². The van der Waals surface area contributed by atoms with Gasteiger partial charge in [-0.05, 0) is 54.0 Å². The molecule has 0 spiro atoms. The summed E-state index contributed by atoms with van der Waals surface area (Å²) in [6, 6.07) is 0. The summed E-state index contributed by atoms with van der Waals surface area (Å²) in [6.07, 6.45) is 2.07. The number of nitrogens with zero attached hydrogens (tertiary/aromatic N) is 2. The van der Waals surface area contributed by atoms with Crippen LogP contribution in [-0.4, -0.2) is 21.9 Å². The molecule has 0 saturated carbocycles. The Hall–Kier alpha value is -0.540. The van der Waals surface area contributed by atoms with Crippen LogP contribution in [0.2, 0.25) is 5.02 Å². The second-order valence-corrected chi connectivity index (χ2v) is 5.82. The van der Waals surface area contributed by atoms with Gasteiger partial charge in [-0.15, -0.1) is 0 Å². The van der Waals surface area contributed by atoms with Crippen molar-refractivity contribution in [1.29, 1.82) is 0 Å². The Morgan fingerprint density at radius 3 is 2.53 bits per heavy atom. The Morgan fingerprint density at radius 2 is 2.00 bits per heavy atom. The van der Waals surface area contributed by atoms with Crippen LogP contribution in [0, 0.1) is 6.92 Å². The monoisotopic (exact) mass is 257 g/mol. The molecule has 1 aromatic rings. The van der Waals surface area contributed by atoms with Gasteiger partial charge in [0.2, 0.25) is 0 Å². The lowest BCUT2D eigenvalue weighted by Gasteiger charge is -2.20. The largest absolute Gasteiger partial charge is 0.312 e. The Labute approximate surface area is 110 Å². The van der Waals surface area contributed by atoms with Crippen molar-refractivity contribution in [2.45, 2.75) is 59.5 Å². The molecule has 0 atom stereocenters. The van der Waals surface area contributed by atoms with Gasteiger partial charge in [0, 0.05) is 12.1 Å². The van der Waals surface area contributed by atoms with E-state index in [2.05, 4.69) is 38.1 Å². The third-order valence-electron chi connectivity index (χ3n) is 2.70. The molecule has 1 heterocycles. The first-order valence-corrected chi connectivity index (χ1v) is 6.69. The fourth-order valence-corrected chi connectivity index (χ4v) is 2.06. The molecule has 4 heteroatoms. The highest BCUT2D eigenvalue weighted by Gasteiger charge is 2.13. The molecule has 3 nitrogen and oxygen atoms in total. The smallest absolute Gasteiger partial charge is 0.0847 e. The summed E-state index contributed by atoms with van der Waals surface area (Å²) < 4.78 is 2.01. The molecule has 0 aliphatic carbocycles. The van der Waals surface area contributed by atoms with Gasteiger partial charge in [-0.3, -0.25) is 4.68 Å². The highest BCUT2D eigenvalue weighted by atomic mass is 35.5. The predicted molar refractivity (Wildman–Crippen MR) is 73.7 cm³/mol. The number of rotatable bonds is 5. The molecular formula is C13H24ClN3. The minimum Gasteiger partial charge on any atom is -0.312 e. The zero-order chi connectivity index (χ0) is 13.1. The fourth-order valence-electron chi connectivity index (χ4n) is 1.83. The summed E-state index contributed by atoms with van der Waals surface area (Å²) in [6.45, 7) is 12.5. The number of hydrogen-bond acceptors (Lipinski definition) is 2. The molecule has 1 rings (SSSR count). The van der Waals surface area contributed by atoms with Gasteiger partial charge in [-0.25, -0.2) is 0 Å². The van der Waals surface area contributed by atoms with Crippen molar-refractivity contribution in [2.24, 2.45) is 0 Å². The quantitative estimate of drug-likeness (QED) is 0.821. The van der Waals surface area contributed by atoms with Crippen LogP contribution < -0.4 is 5.32 Å². The number of nitrogens with one attached hydrogen (secondary N) is 1. The predicted octanol–water partition coefficient (Wildman–Crippen LogP) is 3.19. The molecule has 0 fully saturated rings. The summed E-state index contributed by atoms with van der Waals surface area (Å²) in [4.78, 5) is 0. The van der Waals surface area contributed by atoms with Crippen LogP contribution in [0.25, 0.3) is 0 Å². The first-order chi connectivity index (χ1) is 7.85. The second-order valence-electron chi connectivity index (χ2n) is 5.44.